The predicted molar refractivity (Wildman–Crippen MR) is 103 cm³/mol. The summed E-state index contributed by atoms with van der Waals surface area (Å²) in [6, 6.07) is 3.92. The molecule has 0 radical (unpaired) electrons. The van der Waals surface area contributed by atoms with Crippen LogP contribution >= 0.6 is 0 Å². The van der Waals surface area contributed by atoms with Crippen LogP contribution in [0.2, 0.25) is 0 Å². The summed E-state index contributed by atoms with van der Waals surface area (Å²) in [6.45, 7) is 5.69. The zero-order valence-corrected chi connectivity index (χ0v) is 16.3. The zero-order chi connectivity index (χ0) is 21.3. The Morgan fingerprint density at radius 2 is 2.10 bits per heavy atom. The number of halogens is 2. The average Bonchev–Trinajstić information content (AvgIpc) is 3.01. The maximum atomic E-state index is 14.8. The van der Waals surface area contributed by atoms with E-state index in [0.717, 1.165) is 12.1 Å². The van der Waals surface area contributed by atoms with E-state index in [9.17, 15) is 23.9 Å². The second-order valence-corrected chi connectivity index (χ2v) is 6.76. The number of benzene rings is 1. The van der Waals surface area contributed by atoms with Gasteiger partial charge in [0.25, 0.3) is 5.91 Å². The Balaban J connectivity index is 2.00. The van der Waals surface area contributed by atoms with Crippen molar-refractivity contribution >= 4 is 5.91 Å². The third kappa shape index (κ3) is 3.63. The maximum Gasteiger partial charge on any atom is 0.259 e. The van der Waals surface area contributed by atoms with E-state index in [2.05, 4.69) is 10.3 Å². The number of carbonyl (C=O) groups is 1. The van der Waals surface area contributed by atoms with Crippen molar-refractivity contribution in [3.63, 3.8) is 0 Å². The van der Waals surface area contributed by atoms with Gasteiger partial charge in [-0.1, -0.05) is 0 Å². The van der Waals surface area contributed by atoms with E-state index >= 15 is 0 Å². The molecule has 8 heteroatoms. The van der Waals surface area contributed by atoms with Crippen molar-refractivity contribution in [1.82, 2.24) is 14.9 Å². The number of nitrogens with one attached hydrogen (secondary N) is 1. The molecule has 0 saturated carbocycles. The molecule has 0 spiro atoms. The van der Waals surface area contributed by atoms with Gasteiger partial charge >= 0.3 is 0 Å². The number of nitriles is 1. The fourth-order valence-electron chi connectivity index (χ4n) is 3.37. The first-order valence-electron chi connectivity index (χ1n) is 9.15. The molecule has 2 N–H and O–H groups in total. The number of nitrogens with zero attached hydrogens (tertiary/aromatic N) is 3. The highest BCUT2D eigenvalue weighted by molar-refractivity contribution is 5.99. The molecule has 1 aromatic heterocycles. The first-order chi connectivity index (χ1) is 13.8. The Bertz CT molecular complexity index is 1110. The standard InChI is InChI=1S/C21H20F2N4O2/c1-4-27-12(3)25-20(17(27)10-24)13-9-18(28)14(8-16(13)23)21(29)26-19-11(2)6-5-7-15(19)22/h7-9,28H,4-6H2,1-3H3,(H,26,29). The lowest BCUT2D eigenvalue weighted by Gasteiger charge is -2.16. The minimum atomic E-state index is -0.830. The third-order valence-electron chi connectivity index (χ3n) is 4.91. The second kappa shape index (κ2) is 7.87. The number of aromatic hydroxyl groups is 1. The number of carbonyl (C=O) groups excluding carboxylic acids is 1. The van der Waals surface area contributed by atoms with Gasteiger partial charge < -0.3 is 15.0 Å². The molecule has 1 heterocycles. The molecule has 6 nitrogen and oxygen atoms in total. The van der Waals surface area contributed by atoms with Crippen LogP contribution < -0.4 is 5.32 Å². The number of allylic oxidation sites excluding steroid dienone is 3. The topological polar surface area (TPSA) is 90.9 Å². The second-order valence-electron chi connectivity index (χ2n) is 6.76. The molecule has 2 aromatic rings. The van der Waals surface area contributed by atoms with Crippen LogP contribution in [0, 0.1) is 24.1 Å². The Morgan fingerprint density at radius 3 is 2.72 bits per heavy atom. The number of rotatable bonds is 4. The van der Waals surface area contributed by atoms with Crippen molar-refractivity contribution in [2.24, 2.45) is 0 Å². The molecular weight excluding hydrogens is 378 g/mol. The fraction of sp³-hybridized carbons (Fsp3) is 0.286. The van der Waals surface area contributed by atoms with Crippen LogP contribution in [-0.4, -0.2) is 20.6 Å². The van der Waals surface area contributed by atoms with Gasteiger partial charge in [-0.3, -0.25) is 4.79 Å². The molecule has 0 unspecified atom stereocenters. The largest absolute Gasteiger partial charge is 0.507 e. The van der Waals surface area contributed by atoms with Crippen LogP contribution in [-0.2, 0) is 6.54 Å². The first-order valence-corrected chi connectivity index (χ1v) is 9.15. The van der Waals surface area contributed by atoms with Crippen LogP contribution in [0.25, 0.3) is 11.3 Å². The van der Waals surface area contributed by atoms with Gasteiger partial charge in [-0.2, -0.15) is 5.26 Å². The molecule has 0 fully saturated rings. The minimum absolute atomic E-state index is 0.0363. The van der Waals surface area contributed by atoms with Gasteiger partial charge in [0.2, 0.25) is 0 Å². The number of amides is 1. The molecule has 29 heavy (non-hydrogen) atoms. The van der Waals surface area contributed by atoms with Crippen molar-refractivity contribution < 1.29 is 18.7 Å². The van der Waals surface area contributed by atoms with E-state index in [1.807, 2.05) is 13.0 Å². The summed E-state index contributed by atoms with van der Waals surface area (Å²) in [6.07, 6.45) is 2.50. The zero-order valence-electron chi connectivity index (χ0n) is 16.3. The Hall–Kier alpha value is -3.47. The van der Waals surface area contributed by atoms with Crippen LogP contribution in [0.15, 0.2) is 35.3 Å². The van der Waals surface area contributed by atoms with Gasteiger partial charge in [-0.15, -0.1) is 0 Å². The van der Waals surface area contributed by atoms with Gasteiger partial charge in [0.05, 0.1) is 11.3 Å². The summed E-state index contributed by atoms with van der Waals surface area (Å²) < 4.78 is 30.5. The molecule has 0 aliphatic heterocycles. The molecule has 3 rings (SSSR count). The van der Waals surface area contributed by atoms with Crippen molar-refractivity contribution in [2.75, 3.05) is 0 Å². The monoisotopic (exact) mass is 398 g/mol. The van der Waals surface area contributed by atoms with Crippen LogP contribution in [0.1, 0.15) is 48.6 Å². The van der Waals surface area contributed by atoms with E-state index in [0.29, 0.717) is 30.8 Å². The molecule has 0 atom stereocenters. The number of aryl methyl sites for hydroxylation is 1. The normalized spacial score (nSPS) is 13.9. The molecule has 1 amide bonds. The smallest absolute Gasteiger partial charge is 0.259 e. The number of imidazole rings is 1. The van der Waals surface area contributed by atoms with E-state index in [4.69, 9.17) is 0 Å². The van der Waals surface area contributed by atoms with Crippen molar-refractivity contribution in [2.45, 2.75) is 40.2 Å². The predicted octanol–water partition coefficient (Wildman–Crippen LogP) is 4.25. The number of phenols is 1. The maximum absolute atomic E-state index is 14.8. The lowest BCUT2D eigenvalue weighted by atomic mass is 10.0. The first kappa shape index (κ1) is 20.3. The highest BCUT2D eigenvalue weighted by atomic mass is 19.1. The average molecular weight is 398 g/mol. The molecule has 1 aliphatic carbocycles. The number of aromatic nitrogens is 2. The van der Waals surface area contributed by atoms with Crippen molar-refractivity contribution in [3.8, 4) is 23.1 Å². The summed E-state index contributed by atoms with van der Waals surface area (Å²) in [7, 11) is 0. The summed E-state index contributed by atoms with van der Waals surface area (Å²) in [5, 5.41) is 22.2. The molecule has 0 bridgehead atoms. The molecular formula is C21H20F2N4O2. The van der Waals surface area contributed by atoms with Crippen molar-refractivity contribution in [3.05, 3.63) is 58.2 Å². The van der Waals surface area contributed by atoms with E-state index in [1.165, 1.54) is 6.08 Å². The van der Waals surface area contributed by atoms with Gasteiger partial charge in [-0.25, -0.2) is 13.8 Å². The highest BCUT2D eigenvalue weighted by Crippen LogP contribution is 2.32. The number of phenolic OH excluding ortho intramolecular Hbond substituents is 1. The van der Waals surface area contributed by atoms with Crippen LogP contribution in [0.3, 0.4) is 0 Å². The number of hydrogen-bond acceptors (Lipinski definition) is 4. The van der Waals surface area contributed by atoms with Crippen molar-refractivity contribution in [1.29, 1.82) is 5.26 Å². The van der Waals surface area contributed by atoms with E-state index in [-0.39, 0.29) is 28.2 Å². The summed E-state index contributed by atoms with van der Waals surface area (Å²) in [5.74, 6) is -2.18. The van der Waals surface area contributed by atoms with Crippen LogP contribution in [0.5, 0.6) is 5.75 Å². The van der Waals surface area contributed by atoms with E-state index < -0.39 is 23.3 Å². The van der Waals surface area contributed by atoms with Gasteiger partial charge in [0, 0.05) is 12.1 Å². The summed E-state index contributed by atoms with van der Waals surface area (Å²) in [5.41, 5.74) is 0.519. The quantitative estimate of drug-likeness (QED) is 0.806. The third-order valence-corrected chi connectivity index (χ3v) is 4.91. The molecule has 1 aromatic carbocycles. The Kier molecular flexibility index (Phi) is 5.50. The molecule has 1 aliphatic rings. The number of hydrogen-bond donors (Lipinski definition) is 2. The Labute approximate surface area is 166 Å². The summed E-state index contributed by atoms with van der Waals surface area (Å²) >= 11 is 0. The lowest BCUT2D eigenvalue weighted by molar-refractivity contribution is 0.0961. The fourth-order valence-corrected chi connectivity index (χ4v) is 3.37. The lowest BCUT2D eigenvalue weighted by Crippen LogP contribution is -2.25. The highest BCUT2D eigenvalue weighted by Gasteiger charge is 2.24. The van der Waals surface area contributed by atoms with Crippen LogP contribution in [0.4, 0.5) is 8.78 Å². The van der Waals surface area contributed by atoms with Gasteiger partial charge in [-0.05, 0) is 57.4 Å². The summed E-state index contributed by atoms with van der Waals surface area (Å²) in [4.78, 5) is 16.8. The van der Waals surface area contributed by atoms with Gasteiger partial charge in [0.15, 0.2) is 0 Å². The molecule has 150 valence electrons. The SMILES string of the molecule is CCn1c(C)nc(-c2cc(O)c(C(=O)NC3=C(C)CCC=C3F)cc2F)c1C#N. The van der Waals surface area contributed by atoms with Gasteiger partial charge in [0.1, 0.15) is 40.7 Å². The van der Waals surface area contributed by atoms with E-state index in [1.54, 1.807) is 18.4 Å². The minimum Gasteiger partial charge on any atom is -0.507 e. The Morgan fingerprint density at radius 1 is 1.38 bits per heavy atom. The molecule has 0 saturated heterocycles.